The molecule has 0 aromatic heterocycles. The molecule has 2 atom stereocenters. The molecule has 3 rings (SSSR count). The van der Waals surface area contributed by atoms with Gasteiger partial charge in [0.2, 0.25) is 0 Å². The van der Waals surface area contributed by atoms with Crippen LogP contribution in [0.1, 0.15) is 37.3 Å². The van der Waals surface area contributed by atoms with Gasteiger partial charge in [-0.15, -0.1) is 0 Å². The third kappa shape index (κ3) is 3.60. The second kappa shape index (κ2) is 6.70. The van der Waals surface area contributed by atoms with E-state index in [0.29, 0.717) is 12.2 Å². The van der Waals surface area contributed by atoms with Gasteiger partial charge in [-0.05, 0) is 36.9 Å². The standard InChI is InChI=1S/C17H26N2O/c1-2-8-18-10-14-4-3-5-15(9-14)11-19-12-16-6-7-17(13-19)20-16/h3-5,9,16-18H,2,6-8,10-13H2,1H3. The number of likely N-dealkylation sites (tertiary alicyclic amines) is 1. The van der Waals surface area contributed by atoms with E-state index in [-0.39, 0.29) is 0 Å². The lowest BCUT2D eigenvalue weighted by Gasteiger charge is -2.32. The van der Waals surface area contributed by atoms with E-state index in [1.54, 1.807) is 0 Å². The van der Waals surface area contributed by atoms with Gasteiger partial charge in [0.05, 0.1) is 12.2 Å². The highest BCUT2D eigenvalue weighted by Crippen LogP contribution is 2.27. The first kappa shape index (κ1) is 14.1. The lowest BCUT2D eigenvalue weighted by Crippen LogP contribution is -2.41. The molecule has 20 heavy (non-hydrogen) atoms. The number of morpholine rings is 1. The SMILES string of the molecule is CCCNCc1cccc(CN2CC3CCC(C2)O3)c1. The highest BCUT2D eigenvalue weighted by Gasteiger charge is 2.33. The fraction of sp³-hybridized carbons (Fsp3) is 0.647. The molecule has 0 spiro atoms. The zero-order chi connectivity index (χ0) is 13.8. The van der Waals surface area contributed by atoms with Crippen LogP contribution in [0.2, 0.25) is 0 Å². The van der Waals surface area contributed by atoms with Gasteiger partial charge in [0.15, 0.2) is 0 Å². The van der Waals surface area contributed by atoms with E-state index >= 15 is 0 Å². The molecule has 3 heteroatoms. The molecule has 1 aromatic rings. The van der Waals surface area contributed by atoms with Crippen molar-refractivity contribution in [3.63, 3.8) is 0 Å². The van der Waals surface area contributed by atoms with Crippen LogP contribution in [0.25, 0.3) is 0 Å². The molecule has 0 amide bonds. The zero-order valence-corrected chi connectivity index (χ0v) is 12.5. The molecule has 2 aliphatic rings. The zero-order valence-electron chi connectivity index (χ0n) is 12.5. The van der Waals surface area contributed by atoms with Gasteiger partial charge < -0.3 is 10.1 Å². The van der Waals surface area contributed by atoms with E-state index in [0.717, 1.165) is 32.7 Å². The van der Waals surface area contributed by atoms with Gasteiger partial charge in [-0.25, -0.2) is 0 Å². The fourth-order valence-electron chi connectivity index (χ4n) is 3.33. The summed E-state index contributed by atoms with van der Waals surface area (Å²) in [4.78, 5) is 2.56. The van der Waals surface area contributed by atoms with E-state index in [2.05, 4.69) is 41.4 Å². The number of benzene rings is 1. The number of nitrogens with one attached hydrogen (secondary N) is 1. The van der Waals surface area contributed by atoms with Crippen LogP contribution in [0.4, 0.5) is 0 Å². The topological polar surface area (TPSA) is 24.5 Å². The summed E-state index contributed by atoms with van der Waals surface area (Å²) < 4.78 is 5.90. The lowest BCUT2D eigenvalue weighted by molar-refractivity contribution is -0.0410. The van der Waals surface area contributed by atoms with Crippen LogP contribution < -0.4 is 5.32 Å². The highest BCUT2D eigenvalue weighted by molar-refractivity contribution is 5.23. The minimum atomic E-state index is 0.489. The molecule has 2 unspecified atom stereocenters. The van der Waals surface area contributed by atoms with Gasteiger partial charge in [0, 0.05) is 26.2 Å². The Kier molecular flexibility index (Phi) is 4.71. The molecule has 0 saturated carbocycles. The molecule has 2 aliphatic heterocycles. The van der Waals surface area contributed by atoms with Crippen molar-refractivity contribution in [2.24, 2.45) is 0 Å². The summed E-state index contributed by atoms with van der Waals surface area (Å²) in [6, 6.07) is 9.00. The Morgan fingerprint density at radius 3 is 2.70 bits per heavy atom. The van der Waals surface area contributed by atoms with Gasteiger partial charge in [0.1, 0.15) is 0 Å². The second-order valence-electron chi connectivity index (χ2n) is 6.15. The number of ether oxygens (including phenoxy) is 1. The van der Waals surface area contributed by atoms with Crippen molar-refractivity contribution in [1.82, 2.24) is 10.2 Å². The molecule has 1 N–H and O–H groups in total. The predicted molar refractivity (Wildman–Crippen MR) is 81.6 cm³/mol. The molecular weight excluding hydrogens is 248 g/mol. The normalized spacial score (nSPS) is 26.1. The first-order chi connectivity index (χ1) is 9.83. The number of nitrogens with zero attached hydrogens (tertiary/aromatic N) is 1. The first-order valence-corrected chi connectivity index (χ1v) is 8.00. The Morgan fingerprint density at radius 1 is 1.20 bits per heavy atom. The van der Waals surface area contributed by atoms with Crippen molar-refractivity contribution < 1.29 is 4.74 Å². The van der Waals surface area contributed by atoms with Crippen molar-refractivity contribution in [1.29, 1.82) is 0 Å². The Bertz CT molecular complexity index is 423. The number of fused-ring (bicyclic) bond motifs is 2. The van der Waals surface area contributed by atoms with Gasteiger partial charge in [-0.2, -0.15) is 0 Å². The maximum absolute atomic E-state index is 5.90. The van der Waals surface area contributed by atoms with Crippen LogP contribution in [0, 0.1) is 0 Å². The average molecular weight is 274 g/mol. The van der Waals surface area contributed by atoms with Crippen molar-refractivity contribution in [2.75, 3.05) is 19.6 Å². The van der Waals surface area contributed by atoms with Gasteiger partial charge >= 0.3 is 0 Å². The van der Waals surface area contributed by atoms with Gasteiger partial charge in [0.25, 0.3) is 0 Å². The summed E-state index contributed by atoms with van der Waals surface area (Å²) in [5.74, 6) is 0. The van der Waals surface area contributed by atoms with E-state index in [4.69, 9.17) is 4.74 Å². The van der Waals surface area contributed by atoms with Crippen LogP contribution in [0.3, 0.4) is 0 Å². The van der Waals surface area contributed by atoms with Crippen molar-refractivity contribution in [3.05, 3.63) is 35.4 Å². The van der Waals surface area contributed by atoms with Crippen LogP contribution in [0.5, 0.6) is 0 Å². The minimum Gasteiger partial charge on any atom is -0.372 e. The van der Waals surface area contributed by atoms with Crippen molar-refractivity contribution in [2.45, 2.75) is 51.5 Å². The maximum atomic E-state index is 5.90. The largest absolute Gasteiger partial charge is 0.372 e. The van der Waals surface area contributed by atoms with Crippen molar-refractivity contribution in [3.8, 4) is 0 Å². The summed E-state index contributed by atoms with van der Waals surface area (Å²) in [5, 5.41) is 3.47. The Balaban J connectivity index is 1.55. The Labute approximate surface area is 122 Å². The van der Waals surface area contributed by atoms with E-state index < -0.39 is 0 Å². The molecule has 0 radical (unpaired) electrons. The number of hydrogen-bond acceptors (Lipinski definition) is 3. The molecule has 3 nitrogen and oxygen atoms in total. The monoisotopic (exact) mass is 274 g/mol. The van der Waals surface area contributed by atoms with Crippen LogP contribution >= 0.6 is 0 Å². The highest BCUT2D eigenvalue weighted by atomic mass is 16.5. The quantitative estimate of drug-likeness (QED) is 0.807. The lowest BCUT2D eigenvalue weighted by atomic mass is 10.1. The molecule has 0 aliphatic carbocycles. The van der Waals surface area contributed by atoms with E-state index in [9.17, 15) is 0 Å². The van der Waals surface area contributed by atoms with E-state index in [1.165, 1.54) is 30.4 Å². The molecular formula is C17H26N2O. The first-order valence-electron chi connectivity index (χ1n) is 8.00. The molecule has 1 aromatic carbocycles. The average Bonchev–Trinajstić information content (AvgIpc) is 2.79. The van der Waals surface area contributed by atoms with Gasteiger partial charge in [-0.3, -0.25) is 4.90 Å². The summed E-state index contributed by atoms with van der Waals surface area (Å²) in [6.07, 6.45) is 4.67. The number of rotatable bonds is 6. The van der Waals surface area contributed by atoms with E-state index in [1.807, 2.05) is 0 Å². The van der Waals surface area contributed by atoms with Crippen LogP contribution in [0.15, 0.2) is 24.3 Å². The fourth-order valence-corrected chi connectivity index (χ4v) is 3.33. The molecule has 110 valence electrons. The predicted octanol–water partition coefficient (Wildman–Crippen LogP) is 2.55. The molecule has 2 bridgehead atoms. The Hall–Kier alpha value is -0.900. The molecule has 2 saturated heterocycles. The Morgan fingerprint density at radius 2 is 1.95 bits per heavy atom. The summed E-state index contributed by atoms with van der Waals surface area (Å²) in [5.41, 5.74) is 2.83. The van der Waals surface area contributed by atoms with Crippen LogP contribution in [-0.4, -0.2) is 36.7 Å². The maximum Gasteiger partial charge on any atom is 0.0707 e. The summed E-state index contributed by atoms with van der Waals surface area (Å²) >= 11 is 0. The number of hydrogen-bond donors (Lipinski definition) is 1. The summed E-state index contributed by atoms with van der Waals surface area (Å²) in [6.45, 7) is 7.56. The third-order valence-electron chi connectivity index (χ3n) is 4.27. The minimum absolute atomic E-state index is 0.489. The van der Waals surface area contributed by atoms with Gasteiger partial charge in [-0.1, -0.05) is 31.2 Å². The smallest absolute Gasteiger partial charge is 0.0707 e. The molecule has 2 heterocycles. The second-order valence-corrected chi connectivity index (χ2v) is 6.15. The third-order valence-corrected chi connectivity index (χ3v) is 4.27. The molecule has 2 fully saturated rings. The van der Waals surface area contributed by atoms with Crippen LogP contribution in [-0.2, 0) is 17.8 Å². The summed E-state index contributed by atoms with van der Waals surface area (Å²) in [7, 11) is 0. The van der Waals surface area contributed by atoms with Crippen molar-refractivity contribution >= 4 is 0 Å².